The lowest BCUT2D eigenvalue weighted by molar-refractivity contribution is 0.105. The van der Waals surface area contributed by atoms with Crippen LogP contribution >= 0.6 is 12.4 Å². The van der Waals surface area contributed by atoms with Gasteiger partial charge in [0.2, 0.25) is 0 Å². The van der Waals surface area contributed by atoms with E-state index in [0.717, 1.165) is 6.42 Å². The van der Waals surface area contributed by atoms with Crippen molar-refractivity contribution in [1.29, 1.82) is 0 Å². The van der Waals surface area contributed by atoms with Gasteiger partial charge in [0.15, 0.2) is 0 Å². The maximum absolute atomic E-state index is 9.70. The Morgan fingerprint density at radius 2 is 0.921 bits per heavy atom. The van der Waals surface area contributed by atoms with Gasteiger partial charge in [-0.2, -0.15) is 13.8 Å². The molecule has 0 spiro atoms. The summed E-state index contributed by atoms with van der Waals surface area (Å²) in [6, 6.07) is 0. The fourth-order valence-corrected chi connectivity index (χ4v) is 3.41. The first-order valence-electron chi connectivity index (χ1n) is 20.3. The summed E-state index contributed by atoms with van der Waals surface area (Å²) in [7, 11) is 0. The van der Waals surface area contributed by atoms with Crippen LogP contribution in [0.2, 0.25) is 0 Å². The smallest absolute Gasteiger partial charge is 0.103 e. The maximum Gasteiger partial charge on any atom is 0.103 e. The van der Waals surface area contributed by atoms with Gasteiger partial charge in [0, 0.05) is 0 Å². The molecule has 0 radical (unpaired) electrons. The van der Waals surface area contributed by atoms with Gasteiger partial charge in [0.05, 0.1) is 12.2 Å². The van der Waals surface area contributed by atoms with Crippen LogP contribution in [0.25, 0.3) is 0 Å². The highest BCUT2D eigenvalue weighted by molar-refractivity contribution is 5.85. The van der Waals surface area contributed by atoms with Crippen molar-refractivity contribution in [3.8, 4) is 119 Å². The standard InChI is InChI=1S/C12H22O.C12H24O.C12H22.C12H5.C11H3.ClH.H3N/c1-11(2,3)8-7-9-10(13-9)12(4,5)6;1-11(2,3)9-7-8-10(13)12(4,5)6;1-11(2,3)9-7-8-10-12(4,5)6;1-3-5-7-9-11-12-10-8-6-4-2;1-3-5-7-9-11-10-8-6-4-2;;/h7-10H,1-6H3;7-8,10,13H,9H2,1-6H3;7-10H,1-6H3;1H2,2H3;1H,2H2;1H;1H3/q;;;2*-1;;/b2*8-7+;9-7+,10-8+;;;;/t9-,10+;10-;;;;;/m01...../s1. The minimum absolute atomic E-state index is 0. The SMILES string of the molecule is C#CC#CC#CC#CC#C[CH2-].CC(C)(C)/C=C/C=C/C(C)(C)C.CC(C)(C)/C=C/[C@@H]1O[C@H]1C(C)(C)C.CC(C)(C)C/C=C/[C@@H](O)C(C)(C)C.Cl.N.[CH2-]C#CC#CC#CC#CC#CC. The van der Waals surface area contributed by atoms with E-state index in [1.807, 2.05) is 26.8 Å². The zero-order chi connectivity index (χ0) is 48.2. The second kappa shape index (κ2) is 37.1. The largest absolute Gasteiger partial charge is 0.388 e. The van der Waals surface area contributed by atoms with E-state index in [0.29, 0.717) is 28.5 Å². The van der Waals surface area contributed by atoms with Crippen molar-refractivity contribution in [3.63, 3.8) is 0 Å². The number of hydrogen-bond acceptors (Lipinski definition) is 3. The van der Waals surface area contributed by atoms with Crippen LogP contribution in [0.1, 0.15) is 138 Å². The fourth-order valence-electron chi connectivity index (χ4n) is 3.41. The van der Waals surface area contributed by atoms with Crippen molar-refractivity contribution < 1.29 is 9.84 Å². The van der Waals surface area contributed by atoms with Crippen molar-refractivity contribution in [2.45, 2.75) is 156 Å². The molecule has 4 N–H and O–H groups in total. The van der Waals surface area contributed by atoms with Crippen molar-refractivity contribution in [3.05, 3.63) is 62.5 Å². The summed E-state index contributed by atoms with van der Waals surface area (Å²) >= 11 is 0. The van der Waals surface area contributed by atoms with Crippen LogP contribution in [0.3, 0.4) is 0 Å². The fraction of sp³-hybridized carbons (Fsp3) is 0.492. The van der Waals surface area contributed by atoms with Crippen LogP contribution in [-0.4, -0.2) is 23.4 Å². The van der Waals surface area contributed by atoms with E-state index in [1.54, 1.807) is 6.92 Å². The minimum Gasteiger partial charge on any atom is -0.388 e. The molecule has 1 saturated heterocycles. The first kappa shape index (κ1) is 69.2. The highest BCUT2D eigenvalue weighted by atomic mass is 35.5. The average molecular weight is 871 g/mol. The topological polar surface area (TPSA) is 67.8 Å². The quantitative estimate of drug-likeness (QED) is 0.0972. The molecule has 342 valence electrons. The van der Waals surface area contributed by atoms with E-state index in [2.05, 4.69) is 273 Å². The molecular weight excluding hydrogens is 790 g/mol. The van der Waals surface area contributed by atoms with Crippen molar-refractivity contribution in [2.24, 2.45) is 32.5 Å². The number of hydrogen-bond donors (Lipinski definition) is 2. The summed E-state index contributed by atoms with van der Waals surface area (Å²) in [5.41, 5.74) is 1.41. The summed E-state index contributed by atoms with van der Waals surface area (Å²) in [6.07, 6.45) is 23.4. The predicted octanol–water partition coefficient (Wildman–Crippen LogP) is 12.9. The van der Waals surface area contributed by atoms with Gasteiger partial charge in [-0.15, -0.1) is 30.7 Å². The van der Waals surface area contributed by atoms with Crippen LogP contribution in [0.5, 0.6) is 0 Å². The number of aliphatic hydroxyl groups excluding tert-OH is 1. The van der Waals surface area contributed by atoms with Crippen molar-refractivity contribution in [1.82, 2.24) is 6.15 Å². The summed E-state index contributed by atoms with van der Waals surface area (Å²) in [4.78, 5) is 0. The number of halogens is 1. The summed E-state index contributed by atoms with van der Waals surface area (Å²) in [5.74, 6) is 46.4. The van der Waals surface area contributed by atoms with Crippen molar-refractivity contribution in [2.75, 3.05) is 0 Å². The number of rotatable bonds is 4. The van der Waals surface area contributed by atoms with E-state index in [1.165, 1.54) is 0 Å². The molecule has 1 heterocycles. The Bertz CT molecular complexity index is 1990. The molecule has 0 unspecified atom stereocenters. The second-order valence-electron chi connectivity index (χ2n) is 20.2. The third-order valence-electron chi connectivity index (χ3n) is 6.59. The molecule has 4 heteroatoms. The molecule has 0 amide bonds. The Hall–Kier alpha value is -5.53. The zero-order valence-corrected chi connectivity index (χ0v) is 43.3. The van der Waals surface area contributed by atoms with Gasteiger partial charge in [-0.1, -0.05) is 179 Å². The lowest BCUT2D eigenvalue weighted by Gasteiger charge is -2.23. The van der Waals surface area contributed by atoms with Gasteiger partial charge in [-0.05, 0) is 117 Å². The average Bonchev–Trinajstić information content (AvgIpc) is 3.91. The van der Waals surface area contributed by atoms with Crippen LogP contribution in [-0.2, 0) is 4.74 Å². The number of allylic oxidation sites excluding steroid dienone is 6. The van der Waals surface area contributed by atoms with Gasteiger partial charge >= 0.3 is 0 Å². The molecule has 0 aromatic heterocycles. The molecule has 0 aromatic rings. The molecule has 3 atom stereocenters. The Labute approximate surface area is 396 Å². The molecule has 1 fully saturated rings. The molecule has 1 aliphatic heterocycles. The zero-order valence-electron chi connectivity index (χ0n) is 42.5. The summed E-state index contributed by atoms with van der Waals surface area (Å²) in [6.45, 7) is 47.5. The molecule has 63 heavy (non-hydrogen) atoms. The van der Waals surface area contributed by atoms with Gasteiger partial charge in [-0.25, -0.2) is 11.8 Å². The normalized spacial score (nSPS) is 13.7. The Morgan fingerprint density at radius 1 is 0.571 bits per heavy atom. The van der Waals surface area contributed by atoms with E-state index in [4.69, 9.17) is 11.2 Å². The van der Waals surface area contributed by atoms with E-state index >= 15 is 0 Å². The first-order valence-corrected chi connectivity index (χ1v) is 20.3. The molecule has 3 nitrogen and oxygen atoms in total. The lowest BCUT2D eigenvalue weighted by Crippen LogP contribution is -2.23. The van der Waals surface area contributed by atoms with E-state index in [9.17, 15) is 5.11 Å². The van der Waals surface area contributed by atoms with Gasteiger partial charge < -0.3 is 16.0 Å². The molecule has 0 aliphatic carbocycles. The van der Waals surface area contributed by atoms with E-state index < -0.39 is 0 Å². The predicted molar refractivity (Wildman–Crippen MR) is 280 cm³/mol. The highest BCUT2D eigenvalue weighted by Gasteiger charge is 2.45. The van der Waals surface area contributed by atoms with Crippen LogP contribution in [0.15, 0.2) is 48.6 Å². The molecule has 1 rings (SSSR count). The molecule has 0 aromatic carbocycles. The molecule has 0 saturated carbocycles. The number of terminal acetylenes is 1. The minimum atomic E-state index is -0.338. The number of epoxide rings is 1. The molecular formula is C59H80ClNO2-2. The Morgan fingerprint density at radius 3 is 1.19 bits per heavy atom. The van der Waals surface area contributed by atoms with Gasteiger partial charge in [-0.3, -0.25) is 11.8 Å². The van der Waals surface area contributed by atoms with E-state index in [-0.39, 0.29) is 40.9 Å². The van der Waals surface area contributed by atoms with Gasteiger partial charge in [0.25, 0.3) is 0 Å². The summed E-state index contributed by atoms with van der Waals surface area (Å²) in [5, 5.41) is 9.70. The number of aliphatic hydroxyl groups is 1. The van der Waals surface area contributed by atoms with Crippen molar-refractivity contribution >= 4 is 12.4 Å². The lowest BCUT2D eigenvalue weighted by atomic mass is 9.87. The Balaban J connectivity index is -0.000000160. The third kappa shape index (κ3) is 63.2. The highest BCUT2D eigenvalue weighted by Crippen LogP contribution is 2.39. The Kier molecular flexibility index (Phi) is 40.7. The first-order chi connectivity index (χ1) is 27.9. The molecule has 0 bridgehead atoms. The monoisotopic (exact) mass is 870 g/mol. The third-order valence-corrected chi connectivity index (χ3v) is 6.59. The molecule has 1 aliphatic rings. The van der Waals surface area contributed by atoms with Crippen LogP contribution in [0, 0.1) is 165 Å². The van der Waals surface area contributed by atoms with Crippen LogP contribution < -0.4 is 6.15 Å². The summed E-state index contributed by atoms with van der Waals surface area (Å²) < 4.78 is 5.59. The van der Waals surface area contributed by atoms with Gasteiger partial charge in [0.1, 0.15) is 6.10 Å². The maximum atomic E-state index is 9.70. The number of ether oxygens (including phenoxy) is 1. The second-order valence-corrected chi connectivity index (χ2v) is 20.2. The van der Waals surface area contributed by atoms with Crippen LogP contribution in [0.4, 0.5) is 0 Å².